The maximum atomic E-state index is 5.15. The second kappa shape index (κ2) is 11.0. The van der Waals surface area contributed by atoms with Crippen LogP contribution in [0, 0.1) is 0 Å². The first-order chi connectivity index (χ1) is 23.3. The SMILES string of the molecule is c1cncc(-c2nc(-c3ccncc3)nc(-c3cccc(-c4ccc(-c5nc6c(nc7ccccn76)c6ccccc56)cc4)c3)n2)c1. The van der Waals surface area contributed by atoms with Crippen LogP contribution in [-0.4, -0.2) is 39.3 Å². The monoisotopic (exact) mass is 604 g/mol. The van der Waals surface area contributed by atoms with E-state index in [-0.39, 0.29) is 0 Å². The van der Waals surface area contributed by atoms with Gasteiger partial charge in [-0.15, -0.1) is 0 Å². The van der Waals surface area contributed by atoms with Crippen molar-refractivity contribution in [2.45, 2.75) is 0 Å². The quantitative estimate of drug-likeness (QED) is 0.195. The number of hydrogen-bond acceptors (Lipinski definition) is 7. The Morgan fingerprint density at radius 1 is 0.426 bits per heavy atom. The highest BCUT2D eigenvalue weighted by Gasteiger charge is 2.16. The van der Waals surface area contributed by atoms with Gasteiger partial charge in [-0.2, -0.15) is 0 Å². The van der Waals surface area contributed by atoms with E-state index in [1.807, 2.05) is 65.2 Å². The Hall–Kier alpha value is -6.67. The molecule has 3 aromatic carbocycles. The van der Waals surface area contributed by atoms with Crippen LogP contribution in [0.5, 0.6) is 0 Å². The summed E-state index contributed by atoms with van der Waals surface area (Å²) in [7, 11) is 0. The molecule has 0 aliphatic carbocycles. The first kappa shape index (κ1) is 26.7. The van der Waals surface area contributed by atoms with Crippen molar-refractivity contribution in [1.29, 1.82) is 0 Å². The Morgan fingerprint density at radius 2 is 1.13 bits per heavy atom. The first-order valence-corrected chi connectivity index (χ1v) is 15.2. The normalized spacial score (nSPS) is 11.4. The summed E-state index contributed by atoms with van der Waals surface area (Å²) < 4.78 is 2.05. The zero-order chi connectivity index (χ0) is 31.2. The molecule has 220 valence electrons. The third kappa shape index (κ3) is 4.76. The van der Waals surface area contributed by atoms with Gasteiger partial charge in [-0.3, -0.25) is 14.4 Å². The molecule has 8 nitrogen and oxygen atoms in total. The standard InChI is InChI=1S/C39H24N8/c1-2-11-32-31(10-1)34(43-39-35(32)42-33-12-3-4-22-47(33)39)26-15-13-25(14-16-26)28-7-5-8-29(23-28)37-44-36(27-17-20-40-21-18-27)45-38(46-37)30-9-6-19-41-24-30/h1-24H. The van der Waals surface area contributed by atoms with Crippen LogP contribution < -0.4 is 0 Å². The molecule has 0 unspecified atom stereocenters. The van der Waals surface area contributed by atoms with Crippen LogP contribution in [0.25, 0.3) is 84.1 Å². The lowest BCUT2D eigenvalue weighted by Gasteiger charge is -2.10. The fourth-order valence-electron chi connectivity index (χ4n) is 5.97. The van der Waals surface area contributed by atoms with Gasteiger partial charge in [0, 0.05) is 64.0 Å². The molecule has 0 amide bonds. The summed E-state index contributed by atoms with van der Waals surface area (Å²) >= 11 is 0. The number of pyridine rings is 4. The van der Waals surface area contributed by atoms with Crippen molar-refractivity contribution in [2.75, 3.05) is 0 Å². The van der Waals surface area contributed by atoms with E-state index in [0.29, 0.717) is 17.5 Å². The molecule has 8 heteroatoms. The predicted octanol–water partition coefficient (Wildman–Crippen LogP) is 8.35. The molecule has 0 aliphatic rings. The third-order valence-electron chi connectivity index (χ3n) is 8.27. The van der Waals surface area contributed by atoms with Gasteiger partial charge < -0.3 is 0 Å². The van der Waals surface area contributed by atoms with Crippen LogP contribution in [0.4, 0.5) is 0 Å². The van der Waals surface area contributed by atoms with Gasteiger partial charge in [-0.1, -0.05) is 72.8 Å². The van der Waals surface area contributed by atoms with Gasteiger partial charge >= 0.3 is 0 Å². The predicted molar refractivity (Wildman–Crippen MR) is 184 cm³/mol. The molecule has 0 radical (unpaired) electrons. The number of aromatic nitrogens is 8. The number of imidazole rings is 1. The van der Waals surface area contributed by atoms with Gasteiger partial charge in [0.05, 0.1) is 5.69 Å². The summed E-state index contributed by atoms with van der Waals surface area (Å²) in [5, 5.41) is 2.16. The van der Waals surface area contributed by atoms with Gasteiger partial charge in [0.1, 0.15) is 11.2 Å². The first-order valence-electron chi connectivity index (χ1n) is 15.2. The molecule has 6 aromatic heterocycles. The molecule has 0 saturated carbocycles. The van der Waals surface area contributed by atoms with Gasteiger partial charge in [0.15, 0.2) is 23.1 Å². The van der Waals surface area contributed by atoms with E-state index in [4.69, 9.17) is 24.9 Å². The minimum atomic E-state index is 0.562. The second-order valence-electron chi connectivity index (χ2n) is 11.2. The second-order valence-corrected chi connectivity index (χ2v) is 11.2. The molecule has 6 heterocycles. The minimum absolute atomic E-state index is 0.562. The van der Waals surface area contributed by atoms with Gasteiger partial charge in [-0.25, -0.2) is 24.9 Å². The minimum Gasteiger partial charge on any atom is -0.284 e. The smallest absolute Gasteiger partial charge is 0.165 e. The molecule has 0 fully saturated rings. The number of rotatable bonds is 5. The van der Waals surface area contributed by atoms with Crippen LogP contribution in [0.3, 0.4) is 0 Å². The lowest BCUT2D eigenvalue weighted by atomic mass is 9.98. The fraction of sp³-hybridized carbons (Fsp3) is 0. The molecule has 0 bridgehead atoms. The summed E-state index contributed by atoms with van der Waals surface area (Å²) in [6.07, 6.45) is 8.99. The lowest BCUT2D eigenvalue weighted by molar-refractivity contribution is 1.07. The molecule has 47 heavy (non-hydrogen) atoms. The Morgan fingerprint density at radius 3 is 1.94 bits per heavy atom. The maximum Gasteiger partial charge on any atom is 0.165 e. The topological polar surface area (TPSA) is 94.6 Å². The summed E-state index contributed by atoms with van der Waals surface area (Å²) in [5.74, 6) is 1.72. The van der Waals surface area contributed by atoms with E-state index >= 15 is 0 Å². The van der Waals surface area contributed by atoms with Gasteiger partial charge in [0.25, 0.3) is 0 Å². The fourth-order valence-corrected chi connectivity index (χ4v) is 5.97. The summed E-state index contributed by atoms with van der Waals surface area (Å²) in [6, 6.07) is 38.8. The average molecular weight is 605 g/mol. The average Bonchev–Trinajstić information content (AvgIpc) is 3.54. The highest BCUT2D eigenvalue weighted by molar-refractivity contribution is 6.09. The zero-order valence-electron chi connectivity index (χ0n) is 24.9. The summed E-state index contributed by atoms with van der Waals surface area (Å²) in [6.45, 7) is 0. The Labute approximate surface area is 269 Å². The Balaban J connectivity index is 1.12. The number of hydrogen-bond donors (Lipinski definition) is 0. The van der Waals surface area contributed by atoms with E-state index in [0.717, 1.165) is 66.7 Å². The van der Waals surface area contributed by atoms with E-state index in [1.54, 1.807) is 24.8 Å². The maximum absolute atomic E-state index is 5.15. The number of benzene rings is 3. The molecule has 0 N–H and O–H groups in total. The molecule has 0 atom stereocenters. The molecule has 0 saturated heterocycles. The van der Waals surface area contributed by atoms with Crippen LogP contribution in [-0.2, 0) is 0 Å². The Bertz CT molecular complexity index is 2500. The van der Waals surface area contributed by atoms with Gasteiger partial charge in [-0.05, 0) is 53.6 Å². The van der Waals surface area contributed by atoms with Crippen molar-refractivity contribution in [1.82, 2.24) is 39.3 Å². The van der Waals surface area contributed by atoms with Gasteiger partial charge in [0.2, 0.25) is 0 Å². The van der Waals surface area contributed by atoms with E-state index in [2.05, 4.69) is 70.6 Å². The van der Waals surface area contributed by atoms with Crippen molar-refractivity contribution < 1.29 is 0 Å². The van der Waals surface area contributed by atoms with E-state index in [9.17, 15) is 0 Å². The zero-order valence-corrected chi connectivity index (χ0v) is 24.9. The number of nitrogens with zero attached hydrogens (tertiary/aromatic N) is 8. The number of fused-ring (bicyclic) bond motifs is 5. The molecule has 9 rings (SSSR count). The van der Waals surface area contributed by atoms with E-state index < -0.39 is 0 Å². The lowest BCUT2D eigenvalue weighted by Crippen LogP contribution is -2.00. The van der Waals surface area contributed by atoms with E-state index in [1.165, 1.54) is 0 Å². The highest BCUT2D eigenvalue weighted by atomic mass is 15.1. The van der Waals surface area contributed by atoms with Crippen LogP contribution >= 0.6 is 0 Å². The van der Waals surface area contributed by atoms with Crippen LogP contribution in [0.15, 0.2) is 146 Å². The summed E-state index contributed by atoms with van der Waals surface area (Å²) in [5.41, 5.74) is 9.30. The largest absolute Gasteiger partial charge is 0.284 e. The molecule has 0 aliphatic heterocycles. The van der Waals surface area contributed by atoms with Crippen molar-refractivity contribution in [3.05, 3.63) is 146 Å². The molecular formula is C39H24N8. The Kier molecular flexibility index (Phi) is 6.28. The van der Waals surface area contributed by atoms with Crippen LogP contribution in [0.2, 0.25) is 0 Å². The van der Waals surface area contributed by atoms with Crippen molar-refractivity contribution >= 4 is 27.6 Å². The van der Waals surface area contributed by atoms with Crippen molar-refractivity contribution in [3.63, 3.8) is 0 Å². The summed E-state index contributed by atoms with van der Waals surface area (Å²) in [4.78, 5) is 33.0. The molecule has 0 spiro atoms. The van der Waals surface area contributed by atoms with Crippen molar-refractivity contribution in [3.8, 4) is 56.5 Å². The third-order valence-corrected chi connectivity index (χ3v) is 8.27. The van der Waals surface area contributed by atoms with Crippen LogP contribution in [0.1, 0.15) is 0 Å². The molecule has 9 aromatic rings. The highest BCUT2D eigenvalue weighted by Crippen LogP contribution is 2.34. The molecular weight excluding hydrogens is 580 g/mol. The van der Waals surface area contributed by atoms with Crippen molar-refractivity contribution in [2.24, 2.45) is 0 Å².